The molecule has 0 bridgehead atoms. The first-order chi connectivity index (χ1) is 11.5. The minimum absolute atomic E-state index is 0.101. The Morgan fingerprint density at radius 1 is 1.17 bits per heavy atom. The molecule has 0 aliphatic rings. The van der Waals surface area contributed by atoms with E-state index in [2.05, 4.69) is 5.32 Å². The first-order valence-electron chi connectivity index (χ1n) is 7.43. The molecule has 24 heavy (non-hydrogen) atoms. The Hall–Kier alpha value is -2.37. The van der Waals surface area contributed by atoms with E-state index in [0.717, 1.165) is 5.56 Å². The molecule has 2 N–H and O–H groups in total. The molecule has 2 rings (SSSR count). The van der Waals surface area contributed by atoms with Gasteiger partial charge in [0.05, 0.1) is 12.2 Å². The fourth-order valence-electron chi connectivity index (χ4n) is 2.00. The predicted molar refractivity (Wildman–Crippen MR) is 90.5 cm³/mol. The molecule has 1 amide bonds. The number of benzene rings is 2. The van der Waals surface area contributed by atoms with Gasteiger partial charge in [0.15, 0.2) is 6.10 Å². The highest BCUT2D eigenvalue weighted by molar-refractivity contribution is 6.31. The molecule has 0 radical (unpaired) electrons. The Labute approximate surface area is 145 Å². The van der Waals surface area contributed by atoms with Crippen LogP contribution in [-0.2, 0) is 22.7 Å². The van der Waals surface area contributed by atoms with Crippen LogP contribution in [0.25, 0.3) is 0 Å². The summed E-state index contributed by atoms with van der Waals surface area (Å²) in [6.45, 7) is 1.66. The van der Waals surface area contributed by atoms with Crippen LogP contribution in [0.2, 0.25) is 5.02 Å². The van der Waals surface area contributed by atoms with E-state index >= 15 is 0 Å². The number of aliphatic hydroxyl groups is 1. The van der Waals surface area contributed by atoms with Crippen molar-refractivity contribution in [3.05, 3.63) is 70.2 Å². The number of hydrogen-bond acceptors (Lipinski definition) is 4. The fraction of sp³-hybridized carbons (Fsp3) is 0.222. The summed E-state index contributed by atoms with van der Waals surface area (Å²) in [6.07, 6.45) is -0.933. The number of ether oxygens (including phenoxy) is 1. The lowest BCUT2D eigenvalue weighted by Gasteiger charge is -2.14. The van der Waals surface area contributed by atoms with E-state index in [4.69, 9.17) is 21.4 Å². The second-order valence-electron chi connectivity index (χ2n) is 5.21. The van der Waals surface area contributed by atoms with Crippen molar-refractivity contribution in [2.45, 2.75) is 26.2 Å². The van der Waals surface area contributed by atoms with Crippen molar-refractivity contribution in [1.82, 2.24) is 5.32 Å². The van der Waals surface area contributed by atoms with Crippen molar-refractivity contribution >= 4 is 23.5 Å². The van der Waals surface area contributed by atoms with Crippen LogP contribution in [0, 0.1) is 0 Å². The molecule has 1 atom stereocenters. The number of hydrogen-bond donors (Lipinski definition) is 2. The molecular weight excluding hydrogens is 330 g/mol. The van der Waals surface area contributed by atoms with Crippen molar-refractivity contribution < 1.29 is 19.4 Å². The summed E-state index contributed by atoms with van der Waals surface area (Å²) >= 11 is 6.02. The zero-order valence-corrected chi connectivity index (χ0v) is 13.9. The van der Waals surface area contributed by atoms with Gasteiger partial charge in [-0.05, 0) is 36.2 Å². The lowest BCUT2D eigenvalue weighted by molar-refractivity contribution is -0.129. The third-order valence-corrected chi connectivity index (χ3v) is 3.80. The standard InChI is InChI=1S/C18H18ClNO4/c1-12(17(22)20-10-15-4-2-3-5-16(15)19)24-18(23)14-8-6-13(11-21)7-9-14/h2-9,12,21H,10-11H2,1H3,(H,20,22)/t12-/m1/s1. The second-order valence-corrected chi connectivity index (χ2v) is 5.62. The molecule has 0 aromatic heterocycles. The molecule has 0 unspecified atom stereocenters. The molecule has 0 aliphatic carbocycles. The topological polar surface area (TPSA) is 75.6 Å². The molecular formula is C18H18ClNO4. The summed E-state index contributed by atoms with van der Waals surface area (Å²) in [5.41, 5.74) is 1.79. The van der Waals surface area contributed by atoms with Gasteiger partial charge in [0.25, 0.3) is 5.91 Å². The molecule has 2 aromatic rings. The van der Waals surface area contributed by atoms with E-state index < -0.39 is 18.0 Å². The van der Waals surface area contributed by atoms with Gasteiger partial charge in [-0.3, -0.25) is 4.79 Å². The number of carbonyl (C=O) groups is 2. The maximum absolute atomic E-state index is 12.0. The highest BCUT2D eigenvalue weighted by Gasteiger charge is 2.18. The molecule has 6 heteroatoms. The van der Waals surface area contributed by atoms with Crippen LogP contribution >= 0.6 is 11.6 Å². The van der Waals surface area contributed by atoms with E-state index in [9.17, 15) is 9.59 Å². The smallest absolute Gasteiger partial charge is 0.338 e. The van der Waals surface area contributed by atoms with Crippen molar-refractivity contribution in [3.63, 3.8) is 0 Å². The first-order valence-corrected chi connectivity index (χ1v) is 7.81. The number of esters is 1. The first kappa shape index (κ1) is 18.0. The van der Waals surface area contributed by atoms with E-state index in [-0.39, 0.29) is 13.2 Å². The van der Waals surface area contributed by atoms with E-state index in [1.54, 1.807) is 36.4 Å². The van der Waals surface area contributed by atoms with Gasteiger partial charge < -0.3 is 15.2 Å². The summed E-state index contributed by atoms with van der Waals surface area (Å²) in [7, 11) is 0. The van der Waals surface area contributed by atoms with E-state index in [1.807, 2.05) is 12.1 Å². The Morgan fingerprint density at radius 2 is 1.83 bits per heavy atom. The average molecular weight is 348 g/mol. The highest BCUT2D eigenvalue weighted by Crippen LogP contribution is 2.14. The van der Waals surface area contributed by atoms with Gasteiger partial charge in [0, 0.05) is 11.6 Å². The summed E-state index contributed by atoms with van der Waals surface area (Å²) in [6, 6.07) is 13.5. The summed E-state index contributed by atoms with van der Waals surface area (Å²) in [5, 5.41) is 12.2. The number of halogens is 1. The molecule has 0 spiro atoms. The Bertz CT molecular complexity index is 715. The lowest BCUT2D eigenvalue weighted by Crippen LogP contribution is -2.35. The maximum Gasteiger partial charge on any atom is 0.338 e. The number of nitrogens with one attached hydrogen (secondary N) is 1. The number of amides is 1. The van der Waals surface area contributed by atoms with Gasteiger partial charge in [-0.2, -0.15) is 0 Å². The quantitative estimate of drug-likeness (QED) is 0.788. The SMILES string of the molecule is C[C@@H](OC(=O)c1ccc(CO)cc1)C(=O)NCc1ccccc1Cl. The minimum Gasteiger partial charge on any atom is -0.449 e. The number of carbonyl (C=O) groups excluding carboxylic acids is 2. The van der Waals surface area contributed by atoms with Crippen LogP contribution in [0.3, 0.4) is 0 Å². The van der Waals surface area contributed by atoms with Crippen molar-refractivity contribution in [1.29, 1.82) is 0 Å². The average Bonchev–Trinajstić information content (AvgIpc) is 2.60. The molecule has 5 nitrogen and oxygen atoms in total. The number of rotatable bonds is 6. The van der Waals surface area contributed by atoms with Crippen LogP contribution in [0.5, 0.6) is 0 Å². The molecule has 0 saturated carbocycles. The minimum atomic E-state index is -0.933. The largest absolute Gasteiger partial charge is 0.449 e. The van der Waals surface area contributed by atoms with Crippen LogP contribution < -0.4 is 5.32 Å². The normalized spacial score (nSPS) is 11.6. The summed E-state index contributed by atoms with van der Waals surface area (Å²) in [4.78, 5) is 24.0. The zero-order valence-electron chi connectivity index (χ0n) is 13.2. The maximum atomic E-state index is 12.0. The van der Waals surface area contributed by atoms with Crippen molar-refractivity contribution in [3.8, 4) is 0 Å². The van der Waals surface area contributed by atoms with Gasteiger partial charge in [-0.15, -0.1) is 0 Å². The zero-order chi connectivity index (χ0) is 17.5. The Balaban J connectivity index is 1.88. The van der Waals surface area contributed by atoms with Gasteiger partial charge in [-0.1, -0.05) is 41.9 Å². The van der Waals surface area contributed by atoms with Crippen LogP contribution in [0.15, 0.2) is 48.5 Å². The van der Waals surface area contributed by atoms with Crippen LogP contribution in [-0.4, -0.2) is 23.1 Å². The third kappa shape index (κ3) is 4.81. The number of aliphatic hydroxyl groups excluding tert-OH is 1. The predicted octanol–water partition coefficient (Wildman–Crippen LogP) is 2.69. The van der Waals surface area contributed by atoms with Crippen molar-refractivity contribution in [2.75, 3.05) is 0 Å². The molecule has 126 valence electrons. The fourth-order valence-corrected chi connectivity index (χ4v) is 2.20. The lowest BCUT2D eigenvalue weighted by atomic mass is 10.1. The van der Waals surface area contributed by atoms with Gasteiger partial charge >= 0.3 is 5.97 Å². The van der Waals surface area contributed by atoms with Gasteiger partial charge in [-0.25, -0.2) is 4.79 Å². The van der Waals surface area contributed by atoms with Gasteiger partial charge in [0.1, 0.15) is 0 Å². The van der Waals surface area contributed by atoms with Crippen LogP contribution in [0.1, 0.15) is 28.4 Å². The summed E-state index contributed by atoms with van der Waals surface area (Å²) < 4.78 is 5.14. The van der Waals surface area contributed by atoms with E-state index in [0.29, 0.717) is 16.1 Å². The Morgan fingerprint density at radius 3 is 2.46 bits per heavy atom. The highest BCUT2D eigenvalue weighted by atomic mass is 35.5. The third-order valence-electron chi connectivity index (χ3n) is 3.44. The molecule has 0 fully saturated rings. The van der Waals surface area contributed by atoms with Crippen molar-refractivity contribution in [2.24, 2.45) is 0 Å². The molecule has 0 saturated heterocycles. The second kappa shape index (κ2) is 8.47. The molecule has 0 aliphatic heterocycles. The summed E-state index contributed by atoms with van der Waals surface area (Å²) in [5.74, 6) is -1.00. The van der Waals surface area contributed by atoms with Crippen LogP contribution in [0.4, 0.5) is 0 Å². The van der Waals surface area contributed by atoms with E-state index in [1.165, 1.54) is 6.92 Å². The van der Waals surface area contributed by atoms with Gasteiger partial charge in [0.2, 0.25) is 0 Å². The Kier molecular flexibility index (Phi) is 6.35. The monoisotopic (exact) mass is 347 g/mol. The molecule has 2 aromatic carbocycles. The molecule has 0 heterocycles.